The van der Waals surface area contributed by atoms with Crippen molar-refractivity contribution in [2.24, 2.45) is 7.05 Å². The molecule has 1 aromatic heterocycles. The van der Waals surface area contributed by atoms with Crippen LogP contribution in [0.5, 0.6) is 11.5 Å². The van der Waals surface area contributed by atoms with Crippen LogP contribution in [0.2, 0.25) is 0 Å². The summed E-state index contributed by atoms with van der Waals surface area (Å²) in [6, 6.07) is 17.6. The Morgan fingerprint density at radius 1 is 0.912 bits per heavy atom. The van der Waals surface area contributed by atoms with E-state index in [2.05, 4.69) is 4.18 Å². The molecule has 0 saturated carbocycles. The molecule has 0 saturated heterocycles. The van der Waals surface area contributed by atoms with Crippen LogP contribution >= 0.6 is 0 Å². The van der Waals surface area contributed by atoms with Gasteiger partial charge in [-0.2, -0.15) is 26.2 Å². The third-order valence-corrected chi connectivity index (χ3v) is 6.36. The van der Waals surface area contributed by atoms with E-state index in [1.807, 2.05) is 6.92 Å². The first-order valence-electron chi connectivity index (χ1n) is 10.2. The van der Waals surface area contributed by atoms with E-state index in [0.29, 0.717) is 23.1 Å². The number of para-hydroxylation sites is 2. The number of halogens is 3. The number of fused-ring (bicyclic) bond motifs is 2. The van der Waals surface area contributed by atoms with Gasteiger partial charge in [-0.25, -0.2) is 4.79 Å². The number of hydrogen-bond donors (Lipinski definition) is 0. The van der Waals surface area contributed by atoms with Crippen molar-refractivity contribution in [3.63, 3.8) is 0 Å². The Morgan fingerprint density at radius 2 is 1.53 bits per heavy atom. The van der Waals surface area contributed by atoms with E-state index in [4.69, 9.17) is 4.74 Å². The zero-order valence-corrected chi connectivity index (χ0v) is 18.9. The summed E-state index contributed by atoms with van der Waals surface area (Å²) in [5.41, 5.74) is -4.13. The van der Waals surface area contributed by atoms with Gasteiger partial charge in [-0.15, -0.1) is 0 Å². The first-order valence-corrected chi connectivity index (χ1v) is 11.6. The Labute approximate surface area is 193 Å². The van der Waals surface area contributed by atoms with Gasteiger partial charge in [0.1, 0.15) is 18.2 Å². The van der Waals surface area contributed by atoms with Crippen molar-refractivity contribution in [3.05, 3.63) is 77.9 Å². The number of nitrogens with zero attached hydrogens (tertiary/aromatic N) is 1. The summed E-state index contributed by atoms with van der Waals surface area (Å²) in [4.78, 5) is 13.5. The number of aromatic nitrogens is 1. The third-order valence-electron chi connectivity index (χ3n) is 5.39. The second-order valence-electron chi connectivity index (χ2n) is 7.44. The second-order valence-corrected chi connectivity index (χ2v) is 8.97. The lowest BCUT2D eigenvalue weighted by Crippen LogP contribution is -2.32. The highest BCUT2D eigenvalue weighted by atomic mass is 32.2. The maximum atomic E-state index is 13.5. The molecule has 4 aromatic rings. The van der Waals surface area contributed by atoms with Crippen molar-refractivity contribution in [2.75, 3.05) is 0 Å². The second kappa shape index (κ2) is 8.60. The van der Waals surface area contributed by atoms with Crippen molar-refractivity contribution in [2.45, 2.75) is 18.9 Å². The first kappa shape index (κ1) is 23.5. The summed E-state index contributed by atoms with van der Waals surface area (Å²) in [5.74, 6) is -1.20. The Balaban J connectivity index is 2.02. The molecule has 4 rings (SSSR count). The van der Waals surface area contributed by atoms with E-state index < -0.39 is 27.3 Å². The predicted octanol–water partition coefficient (Wildman–Crippen LogP) is 4.83. The van der Waals surface area contributed by atoms with E-state index in [0.717, 1.165) is 11.6 Å². The maximum Gasteiger partial charge on any atom is 0.534 e. The monoisotopic (exact) mass is 490 g/mol. The molecular formula is C24H19F3NO5S+. The molecule has 0 spiro atoms. The fourth-order valence-corrected chi connectivity index (χ4v) is 4.26. The van der Waals surface area contributed by atoms with E-state index in [1.165, 1.54) is 6.07 Å². The van der Waals surface area contributed by atoms with Gasteiger partial charge in [-0.05, 0) is 30.2 Å². The van der Waals surface area contributed by atoms with Crippen LogP contribution in [0.3, 0.4) is 0 Å². The van der Waals surface area contributed by atoms with Crippen LogP contribution in [0.1, 0.15) is 22.8 Å². The zero-order valence-electron chi connectivity index (χ0n) is 18.1. The summed E-state index contributed by atoms with van der Waals surface area (Å²) < 4.78 is 74.6. The number of carbonyl (C=O) groups is 1. The fourth-order valence-electron chi connectivity index (χ4n) is 3.79. The third kappa shape index (κ3) is 4.05. The first-order chi connectivity index (χ1) is 16.0. The van der Waals surface area contributed by atoms with Crippen LogP contribution in [0.25, 0.3) is 21.8 Å². The van der Waals surface area contributed by atoms with Gasteiger partial charge in [-0.3, -0.25) is 0 Å². The van der Waals surface area contributed by atoms with Crippen LogP contribution in [-0.2, 0) is 23.6 Å². The van der Waals surface area contributed by atoms with Crippen molar-refractivity contribution < 1.29 is 39.9 Å². The molecule has 0 N–H and O–H groups in total. The molecule has 1 heterocycles. The van der Waals surface area contributed by atoms with Gasteiger partial charge in [0.05, 0.1) is 10.9 Å². The highest BCUT2D eigenvalue weighted by Crippen LogP contribution is 2.36. The molecule has 6 nitrogen and oxygen atoms in total. The van der Waals surface area contributed by atoms with Crippen molar-refractivity contribution >= 4 is 37.9 Å². The van der Waals surface area contributed by atoms with Crippen LogP contribution in [0.4, 0.5) is 13.2 Å². The number of alkyl halides is 3. The minimum absolute atomic E-state index is 0.109. The molecule has 0 atom stereocenters. The number of benzene rings is 3. The normalized spacial score (nSPS) is 12.1. The SMILES string of the molecule is CCc1ccccc1OC(=O)c1c2ccccc2[n+](C)c2cccc(OS(=O)(=O)C(F)(F)F)c12. The van der Waals surface area contributed by atoms with Gasteiger partial charge in [0.2, 0.25) is 11.0 Å². The van der Waals surface area contributed by atoms with Gasteiger partial charge in [0.25, 0.3) is 0 Å². The van der Waals surface area contributed by atoms with Crippen LogP contribution in [-0.4, -0.2) is 19.9 Å². The van der Waals surface area contributed by atoms with E-state index >= 15 is 0 Å². The Morgan fingerprint density at radius 3 is 2.24 bits per heavy atom. The highest BCUT2D eigenvalue weighted by molar-refractivity contribution is 7.88. The number of ether oxygens (including phenoxy) is 1. The summed E-state index contributed by atoms with van der Waals surface area (Å²) in [5, 5.41) is 0.243. The largest absolute Gasteiger partial charge is 0.534 e. The number of carbonyl (C=O) groups excluding carboxylic acids is 1. The van der Waals surface area contributed by atoms with Gasteiger partial charge in [0, 0.05) is 12.1 Å². The average molecular weight is 490 g/mol. The Bertz CT molecular complexity index is 1530. The summed E-state index contributed by atoms with van der Waals surface area (Å²) >= 11 is 0. The lowest BCUT2D eigenvalue weighted by Gasteiger charge is -2.15. The molecule has 0 bridgehead atoms. The number of aryl methyl sites for hydroxylation is 2. The van der Waals surface area contributed by atoms with E-state index in [9.17, 15) is 26.4 Å². The summed E-state index contributed by atoms with van der Waals surface area (Å²) in [6.45, 7) is 1.88. The van der Waals surface area contributed by atoms with E-state index in [1.54, 1.807) is 66.2 Å². The number of esters is 1. The lowest BCUT2D eigenvalue weighted by molar-refractivity contribution is -0.617. The number of rotatable bonds is 5. The van der Waals surface area contributed by atoms with Gasteiger partial charge < -0.3 is 8.92 Å². The van der Waals surface area contributed by atoms with Crippen LogP contribution in [0, 0.1) is 0 Å². The van der Waals surface area contributed by atoms with Crippen LogP contribution in [0.15, 0.2) is 66.7 Å². The molecule has 0 amide bonds. The molecule has 0 aliphatic carbocycles. The lowest BCUT2D eigenvalue weighted by atomic mass is 10.0. The molecule has 0 radical (unpaired) electrons. The van der Waals surface area contributed by atoms with E-state index in [-0.39, 0.29) is 16.5 Å². The molecule has 3 aromatic carbocycles. The average Bonchev–Trinajstić information content (AvgIpc) is 2.79. The van der Waals surface area contributed by atoms with Gasteiger partial charge in [0.15, 0.2) is 5.75 Å². The molecule has 34 heavy (non-hydrogen) atoms. The number of hydrogen-bond acceptors (Lipinski definition) is 5. The Kier molecular flexibility index (Phi) is 5.94. The molecule has 0 aliphatic heterocycles. The van der Waals surface area contributed by atoms with Crippen LogP contribution < -0.4 is 13.5 Å². The van der Waals surface area contributed by atoms with Gasteiger partial charge in [-0.1, -0.05) is 43.3 Å². The topological polar surface area (TPSA) is 73.5 Å². The molecular weight excluding hydrogens is 471 g/mol. The quantitative estimate of drug-likeness (QED) is 0.100. The van der Waals surface area contributed by atoms with Crippen molar-refractivity contribution in [1.29, 1.82) is 0 Å². The molecule has 0 aliphatic rings. The smallest absolute Gasteiger partial charge is 0.423 e. The molecule has 0 unspecified atom stereocenters. The summed E-state index contributed by atoms with van der Waals surface area (Å²) in [7, 11) is -4.33. The van der Waals surface area contributed by atoms with Crippen molar-refractivity contribution in [3.8, 4) is 11.5 Å². The number of pyridine rings is 1. The Hall–Kier alpha value is -3.66. The van der Waals surface area contributed by atoms with Gasteiger partial charge >= 0.3 is 21.6 Å². The molecule has 0 fully saturated rings. The zero-order chi connectivity index (χ0) is 24.7. The minimum atomic E-state index is -5.98. The molecule has 10 heteroatoms. The minimum Gasteiger partial charge on any atom is -0.423 e. The molecule has 176 valence electrons. The predicted molar refractivity (Wildman–Crippen MR) is 119 cm³/mol. The van der Waals surface area contributed by atoms with Crippen molar-refractivity contribution in [1.82, 2.24) is 0 Å². The highest BCUT2D eigenvalue weighted by Gasteiger charge is 2.49. The standard InChI is InChI=1S/C24H19F3NO5S/c1-3-15-9-4-7-13-19(15)32-23(29)21-16-10-5-6-11-17(16)28(2)18-12-8-14-20(22(18)21)33-34(30,31)24(25,26)27/h4-14H,3H2,1-2H3/q+1. The maximum absolute atomic E-state index is 13.5. The summed E-state index contributed by atoms with van der Waals surface area (Å²) in [6.07, 6.45) is 0.576. The fraction of sp³-hybridized carbons (Fsp3) is 0.167.